The molecule has 0 aliphatic rings. The summed E-state index contributed by atoms with van der Waals surface area (Å²) in [4.78, 5) is 11.1. The van der Waals surface area contributed by atoms with Crippen LogP contribution in [0.3, 0.4) is 0 Å². The lowest BCUT2D eigenvalue weighted by Gasteiger charge is -2.10. The highest BCUT2D eigenvalue weighted by atomic mass is 32.2. The number of nitrogens with zero attached hydrogens (tertiary/aromatic N) is 1. The zero-order valence-corrected chi connectivity index (χ0v) is 13.1. The zero-order chi connectivity index (χ0) is 15.5. The fourth-order valence-electron chi connectivity index (χ4n) is 1.68. The first-order valence-electron chi connectivity index (χ1n) is 6.63. The highest BCUT2D eigenvalue weighted by Gasteiger charge is 2.22. The summed E-state index contributed by atoms with van der Waals surface area (Å²) in [6.07, 6.45) is 2.24. The van der Waals surface area contributed by atoms with Gasteiger partial charge >= 0.3 is 5.97 Å². The van der Waals surface area contributed by atoms with Gasteiger partial charge in [-0.15, -0.1) is 0 Å². The number of carbonyl (C=O) groups is 1. The molecule has 2 N–H and O–H groups in total. The Morgan fingerprint density at radius 2 is 2.00 bits per heavy atom. The van der Waals surface area contributed by atoms with Crippen molar-refractivity contribution in [3.05, 3.63) is 18.0 Å². The van der Waals surface area contributed by atoms with Crippen molar-refractivity contribution in [2.24, 2.45) is 5.92 Å². The van der Waals surface area contributed by atoms with Crippen LogP contribution in [0.4, 0.5) is 0 Å². The first-order chi connectivity index (χ1) is 9.19. The maximum Gasteiger partial charge on any atom is 0.352 e. The Labute approximate surface area is 119 Å². The first-order valence-corrected chi connectivity index (χ1v) is 8.12. The highest BCUT2D eigenvalue weighted by molar-refractivity contribution is 7.89. The summed E-state index contributed by atoms with van der Waals surface area (Å²) in [5.74, 6) is -0.905. The van der Waals surface area contributed by atoms with Crippen molar-refractivity contribution in [3.63, 3.8) is 0 Å². The molecule has 0 fully saturated rings. The van der Waals surface area contributed by atoms with E-state index in [9.17, 15) is 13.2 Å². The molecule has 0 radical (unpaired) electrons. The Morgan fingerprint density at radius 3 is 2.40 bits per heavy atom. The maximum absolute atomic E-state index is 12.1. The smallest absolute Gasteiger partial charge is 0.352 e. The quantitative estimate of drug-likeness (QED) is 0.807. The predicted molar refractivity (Wildman–Crippen MR) is 76.4 cm³/mol. The minimum atomic E-state index is -3.67. The second kappa shape index (κ2) is 6.41. The molecule has 1 rings (SSSR count). The number of hydrogen-bond acceptors (Lipinski definition) is 3. The van der Waals surface area contributed by atoms with Gasteiger partial charge in [0.2, 0.25) is 10.0 Å². The van der Waals surface area contributed by atoms with Crippen LogP contribution in [0.5, 0.6) is 0 Å². The third-order valence-electron chi connectivity index (χ3n) is 3.23. The van der Waals surface area contributed by atoms with Gasteiger partial charge in [-0.25, -0.2) is 17.9 Å². The molecule has 1 heterocycles. The van der Waals surface area contributed by atoms with E-state index in [0.717, 1.165) is 6.42 Å². The summed E-state index contributed by atoms with van der Waals surface area (Å²) in [5, 5.41) is 9.11. The van der Waals surface area contributed by atoms with Crippen LogP contribution in [-0.4, -0.2) is 30.6 Å². The predicted octanol–water partition coefficient (Wildman–Crippen LogP) is 2.09. The van der Waals surface area contributed by atoms with Crippen LogP contribution >= 0.6 is 0 Å². The van der Waals surface area contributed by atoms with E-state index in [-0.39, 0.29) is 22.5 Å². The molecule has 0 aliphatic carbocycles. The molecule has 0 amide bonds. The van der Waals surface area contributed by atoms with E-state index < -0.39 is 16.0 Å². The highest BCUT2D eigenvalue weighted by Crippen LogP contribution is 2.19. The van der Waals surface area contributed by atoms with E-state index in [1.807, 2.05) is 13.8 Å². The zero-order valence-electron chi connectivity index (χ0n) is 12.3. The number of aromatic nitrogens is 1. The Hall–Kier alpha value is -1.34. The van der Waals surface area contributed by atoms with Crippen LogP contribution in [0, 0.1) is 5.92 Å². The molecule has 0 aromatic carbocycles. The lowest BCUT2D eigenvalue weighted by atomic mass is 10.1. The summed E-state index contributed by atoms with van der Waals surface area (Å²) >= 11 is 0. The average molecular weight is 302 g/mol. The third kappa shape index (κ3) is 3.83. The number of hydrogen-bond donors (Lipinski definition) is 2. The van der Waals surface area contributed by atoms with E-state index >= 15 is 0 Å². The van der Waals surface area contributed by atoms with Crippen molar-refractivity contribution in [1.82, 2.24) is 9.29 Å². The summed E-state index contributed by atoms with van der Waals surface area (Å²) in [7, 11) is -3.67. The van der Waals surface area contributed by atoms with Crippen LogP contribution in [0.25, 0.3) is 0 Å². The number of rotatable bonds is 7. The summed E-state index contributed by atoms with van der Waals surface area (Å²) in [5.41, 5.74) is -0.0242. The summed E-state index contributed by atoms with van der Waals surface area (Å²) in [6.45, 7) is 7.88. The lowest BCUT2D eigenvalue weighted by Crippen LogP contribution is -2.28. The van der Waals surface area contributed by atoms with E-state index in [1.165, 1.54) is 16.8 Å². The van der Waals surface area contributed by atoms with Gasteiger partial charge in [-0.1, -0.05) is 20.3 Å². The van der Waals surface area contributed by atoms with E-state index in [2.05, 4.69) is 4.72 Å². The molecule has 6 nitrogen and oxygen atoms in total. The Morgan fingerprint density at radius 1 is 1.40 bits per heavy atom. The summed E-state index contributed by atoms with van der Waals surface area (Å²) in [6, 6.07) is 1.07. The SMILES string of the molecule is CCC(C)CNS(=O)(=O)c1cc(C(=O)O)n(C(C)C)c1. The molecule has 0 bridgehead atoms. The van der Waals surface area contributed by atoms with Crippen molar-refractivity contribution in [2.75, 3.05) is 6.54 Å². The number of aromatic carboxylic acids is 1. The molecule has 1 unspecified atom stereocenters. The Balaban J connectivity index is 3.07. The van der Waals surface area contributed by atoms with Crippen molar-refractivity contribution >= 4 is 16.0 Å². The molecule has 0 aliphatic heterocycles. The molecular weight excluding hydrogens is 280 g/mol. The molecule has 114 valence electrons. The number of sulfonamides is 1. The molecule has 0 saturated carbocycles. The Kier molecular flexibility index (Phi) is 5.35. The summed E-state index contributed by atoms with van der Waals surface area (Å²) < 4.78 is 28.2. The van der Waals surface area contributed by atoms with E-state index in [1.54, 1.807) is 13.8 Å². The molecule has 7 heteroatoms. The van der Waals surface area contributed by atoms with Gasteiger partial charge in [0.15, 0.2) is 0 Å². The lowest BCUT2D eigenvalue weighted by molar-refractivity contribution is 0.0683. The van der Waals surface area contributed by atoms with Gasteiger partial charge in [-0.05, 0) is 25.8 Å². The van der Waals surface area contributed by atoms with Crippen molar-refractivity contribution < 1.29 is 18.3 Å². The number of carboxylic acid groups (broad SMARTS) is 1. The normalized spacial score (nSPS) is 13.7. The van der Waals surface area contributed by atoms with Crippen molar-refractivity contribution in [1.29, 1.82) is 0 Å². The topological polar surface area (TPSA) is 88.4 Å². The minimum Gasteiger partial charge on any atom is -0.477 e. The third-order valence-corrected chi connectivity index (χ3v) is 4.62. The van der Waals surface area contributed by atoms with Crippen LogP contribution in [0.15, 0.2) is 17.2 Å². The first kappa shape index (κ1) is 16.7. The maximum atomic E-state index is 12.1. The number of nitrogens with one attached hydrogen (secondary N) is 1. The van der Waals surface area contributed by atoms with Gasteiger partial charge in [-0.2, -0.15) is 0 Å². The molecular formula is C13H22N2O4S. The van der Waals surface area contributed by atoms with Crippen LogP contribution in [0.1, 0.15) is 50.6 Å². The van der Waals surface area contributed by atoms with Crippen LogP contribution < -0.4 is 4.72 Å². The second-order valence-corrected chi connectivity index (χ2v) is 7.00. The van der Waals surface area contributed by atoms with Crippen molar-refractivity contribution in [2.45, 2.75) is 45.1 Å². The van der Waals surface area contributed by atoms with Gasteiger partial charge in [0.1, 0.15) is 10.6 Å². The standard InChI is InChI=1S/C13H22N2O4S/c1-5-10(4)7-14-20(18,19)11-6-12(13(16)17)15(8-11)9(2)3/h6,8-10,14H,5,7H2,1-4H3,(H,16,17). The molecule has 0 saturated heterocycles. The van der Waals surface area contributed by atoms with Crippen LogP contribution in [-0.2, 0) is 10.0 Å². The average Bonchev–Trinajstić information content (AvgIpc) is 2.82. The van der Waals surface area contributed by atoms with Crippen molar-refractivity contribution in [3.8, 4) is 0 Å². The number of carboxylic acids is 1. The monoisotopic (exact) mass is 302 g/mol. The minimum absolute atomic E-state index is 0.00750. The van der Waals surface area contributed by atoms with Crippen LogP contribution in [0.2, 0.25) is 0 Å². The Bertz CT molecular complexity index is 575. The molecule has 0 spiro atoms. The molecule has 1 atom stereocenters. The van der Waals surface area contributed by atoms with Gasteiger partial charge in [-0.3, -0.25) is 0 Å². The second-order valence-electron chi connectivity index (χ2n) is 5.23. The van der Waals surface area contributed by atoms with Gasteiger partial charge in [0.05, 0.1) is 0 Å². The van der Waals surface area contributed by atoms with Gasteiger partial charge in [0, 0.05) is 18.8 Å². The van der Waals surface area contributed by atoms with E-state index in [0.29, 0.717) is 6.54 Å². The fraction of sp³-hybridized carbons (Fsp3) is 0.615. The fourth-order valence-corrected chi connectivity index (χ4v) is 2.87. The van der Waals surface area contributed by atoms with E-state index in [4.69, 9.17) is 5.11 Å². The van der Waals surface area contributed by atoms with Gasteiger partial charge < -0.3 is 9.67 Å². The molecule has 1 aromatic heterocycles. The molecule has 20 heavy (non-hydrogen) atoms. The largest absolute Gasteiger partial charge is 0.477 e. The molecule has 1 aromatic rings. The van der Waals surface area contributed by atoms with Gasteiger partial charge in [0.25, 0.3) is 0 Å².